The average molecular weight is 637 g/mol. The number of pyridine rings is 4. The first-order chi connectivity index (χ1) is 24.8. The summed E-state index contributed by atoms with van der Waals surface area (Å²) < 4.78 is 0. The molecule has 10 aromatic rings. The predicted octanol–water partition coefficient (Wildman–Crippen LogP) is 11.7. The van der Waals surface area contributed by atoms with E-state index in [1.807, 2.05) is 18.5 Å². The van der Waals surface area contributed by atoms with Gasteiger partial charge < -0.3 is 0 Å². The standard InChI is InChI=1S/C46H28N4/c1-2-7-29(8-3-1)30-12-18-33(19-13-30)42-38-10-4-5-11-41(38)50-46-39(42)24-21-35-22-25-40(49-44(35)46)32-16-14-31(15-17-32)36-26-28-48-45-37(36)23-20-34-9-6-27-47-43(34)45/h1-28H. The highest BCUT2D eigenvalue weighted by Crippen LogP contribution is 2.39. The molecule has 0 saturated carbocycles. The molecule has 0 atom stereocenters. The van der Waals surface area contributed by atoms with E-state index in [1.54, 1.807) is 0 Å². The molecule has 0 bridgehead atoms. The number of para-hydroxylation sites is 1. The lowest BCUT2D eigenvalue weighted by atomic mass is 9.93. The van der Waals surface area contributed by atoms with Gasteiger partial charge in [-0.1, -0.05) is 133 Å². The van der Waals surface area contributed by atoms with Gasteiger partial charge in [0.1, 0.15) is 0 Å². The molecule has 4 heterocycles. The summed E-state index contributed by atoms with van der Waals surface area (Å²) in [6.07, 6.45) is 3.70. The van der Waals surface area contributed by atoms with Gasteiger partial charge in [-0.15, -0.1) is 0 Å². The van der Waals surface area contributed by atoms with E-state index in [0.29, 0.717) is 0 Å². The van der Waals surface area contributed by atoms with Crippen molar-refractivity contribution in [2.24, 2.45) is 0 Å². The maximum absolute atomic E-state index is 5.27. The third kappa shape index (κ3) is 4.61. The van der Waals surface area contributed by atoms with Crippen molar-refractivity contribution >= 4 is 54.5 Å². The number of nitrogens with zero attached hydrogens (tertiary/aromatic N) is 4. The predicted molar refractivity (Wildman–Crippen MR) is 207 cm³/mol. The lowest BCUT2D eigenvalue weighted by Gasteiger charge is -2.14. The number of hydrogen-bond donors (Lipinski definition) is 0. The van der Waals surface area contributed by atoms with Crippen LogP contribution in [0.5, 0.6) is 0 Å². The Labute approximate surface area is 288 Å². The quantitative estimate of drug-likeness (QED) is 0.142. The highest BCUT2D eigenvalue weighted by atomic mass is 14.8. The zero-order valence-electron chi connectivity index (χ0n) is 27.0. The molecule has 232 valence electrons. The maximum Gasteiger partial charge on any atom is 0.0978 e. The Morgan fingerprint density at radius 3 is 1.84 bits per heavy atom. The zero-order chi connectivity index (χ0) is 33.0. The summed E-state index contributed by atoms with van der Waals surface area (Å²) in [6.45, 7) is 0. The molecule has 0 aliphatic rings. The molecule has 4 aromatic heterocycles. The first-order valence-electron chi connectivity index (χ1n) is 16.8. The minimum absolute atomic E-state index is 0.900. The van der Waals surface area contributed by atoms with Crippen molar-refractivity contribution in [3.8, 4) is 44.6 Å². The first-order valence-corrected chi connectivity index (χ1v) is 16.8. The van der Waals surface area contributed by atoms with Crippen LogP contribution >= 0.6 is 0 Å². The summed E-state index contributed by atoms with van der Waals surface area (Å²) in [4.78, 5) is 19.8. The summed E-state index contributed by atoms with van der Waals surface area (Å²) in [6, 6.07) is 55.5. The molecule has 50 heavy (non-hydrogen) atoms. The van der Waals surface area contributed by atoms with E-state index in [9.17, 15) is 0 Å². The number of aromatic nitrogens is 4. The van der Waals surface area contributed by atoms with Crippen molar-refractivity contribution in [3.05, 3.63) is 170 Å². The van der Waals surface area contributed by atoms with E-state index in [4.69, 9.17) is 15.0 Å². The normalized spacial score (nSPS) is 11.6. The molecular formula is C46H28N4. The van der Waals surface area contributed by atoms with Crippen molar-refractivity contribution in [1.82, 2.24) is 19.9 Å². The number of hydrogen-bond acceptors (Lipinski definition) is 4. The van der Waals surface area contributed by atoms with Crippen LogP contribution in [0.1, 0.15) is 0 Å². The molecule has 4 heteroatoms. The Balaban J connectivity index is 1.09. The third-order valence-electron chi connectivity index (χ3n) is 9.77. The lowest BCUT2D eigenvalue weighted by Crippen LogP contribution is -1.93. The Hall–Kier alpha value is -6.78. The number of benzene rings is 6. The molecule has 10 rings (SSSR count). The molecule has 0 fully saturated rings. The minimum Gasteiger partial charge on any atom is -0.254 e. The summed E-state index contributed by atoms with van der Waals surface area (Å²) in [5, 5.41) is 5.47. The van der Waals surface area contributed by atoms with Crippen molar-refractivity contribution in [2.75, 3.05) is 0 Å². The molecular weight excluding hydrogens is 609 g/mol. The van der Waals surface area contributed by atoms with E-state index in [0.717, 1.165) is 82.5 Å². The van der Waals surface area contributed by atoms with Gasteiger partial charge in [-0.25, -0.2) is 9.97 Å². The van der Waals surface area contributed by atoms with Crippen LogP contribution in [0, 0.1) is 0 Å². The highest BCUT2D eigenvalue weighted by molar-refractivity contribution is 6.16. The SMILES string of the molecule is c1ccc(-c2ccc(-c3c4ccccc4nc4c3ccc3ccc(-c5ccc(-c6ccnc7c6ccc6cccnc67)cc5)nc34)cc2)cc1. The van der Waals surface area contributed by atoms with Crippen LogP contribution in [0.25, 0.3) is 99.2 Å². The highest BCUT2D eigenvalue weighted by Gasteiger charge is 2.16. The van der Waals surface area contributed by atoms with E-state index < -0.39 is 0 Å². The average Bonchev–Trinajstić information content (AvgIpc) is 3.20. The first kappa shape index (κ1) is 28.3. The van der Waals surface area contributed by atoms with Gasteiger partial charge in [0.15, 0.2) is 0 Å². The second kappa shape index (κ2) is 11.4. The molecule has 0 aliphatic heterocycles. The second-order valence-electron chi connectivity index (χ2n) is 12.6. The minimum atomic E-state index is 0.900. The monoisotopic (exact) mass is 636 g/mol. The van der Waals surface area contributed by atoms with E-state index in [-0.39, 0.29) is 0 Å². The van der Waals surface area contributed by atoms with Crippen molar-refractivity contribution < 1.29 is 0 Å². The summed E-state index contributed by atoms with van der Waals surface area (Å²) in [5.74, 6) is 0. The van der Waals surface area contributed by atoms with Crippen LogP contribution in [0.4, 0.5) is 0 Å². The summed E-state index contributed by atoms with van der Waals surface area (Å²) in [7, 11) is 0. The van der Waals surface area contributed by atoms with Crippen LogP contribution in [-0.4, -0.2) is 19.9 Å². The van der Waals surface area contributed by atoms with E-state index >= 15 is 0 Å². The molecule has 0 N–H and O–H groups in total. The zero-order valence-corrected chi connectivity index (χ0v) is 27.0. The fraction of sp³-hybridized carbons (Fsp3) is 0. The van der Waals surface area contributed by atoms with Gasteiger partial charge in [0.05, 0.1) is 33.3 Å². The van der Waals surface area contributed by atoms with E-state index in [1.165, 1.54) is 16.7 Å². The third-order valence-corrected chi connectivity index (χ3v) is 9.77. The topological polar surface area (TPSA) is 51.6 Å². The lowest BCUT2D eigenvalue weighted by molar-refractivity contribution is 1.37. The van der Waals surface area contributed by atoms with Gasteiger partial charge in [-0.2, -0.15) is 0 Å². The second-order valence-corrected chi connectivity index (χ2v) is 12.6. The Bertz CT molecular complexity index is 2900. The Morgan fingerprint density at radius 2 is 0.980 bits per heavy atom. The van der Waals surface area contributed by atoms with Gasteiger partial charge >= 0.3 is 0 Å². The van der Waals surface area contributed by atoms with Crippen molar-refractivity contribution in [1.29, 1.82) is 0 Å². The van der Waals surface area contributed by atoms with Crippen molar-refractivity contribution in [2.45, 2.75) is 0 Å². The maximum atomic E-state index is 5.27. The smallest absolute Gasteiger partial charge is 0.0978 e. The number of fused-ring (bicyclic) bond motifs is 7. The Kier molecular flexibility index (Phi) is 6.46. The molecule has 4 nitrogen and oxygen atoms in total. The Morgan fingerprint density at radius 1 is 0.320 bits per heavy atom. The van der Waals surface area contributed by atoms with Crippen LogP contribution in [-0.2, 0) is 0 Å². The van der Waals surface area contributed by atoms with Crippen LogP contribution in [0.15, 0.2) is 170 Å². The summed E-state index contributed by atoms with van der Waals surface area (Å²) >= 11 is 0. The molecule has 0 spiro atoms. The molecule has 6 aromatic carbocycles. The molecule has 0 unspecified atom stereocenters. The van der Waals surface area contributed by atoms with Crippen LogP contribution in [0.2, 0.25) is 0 Å². The molecule has 0 saturated heterocycles. The van der Waals surface area contributed by atoms with Gasteiger partial charge in [0.25, 0.3) is 0 Å². The van der Waals surface area contributed by atoms with Gasteiger partial charge in [-0.3, -0.25) is 9.97 Å². The molecule has 0 radical (unpaired) electrons. The number of rotatable bonds is 4. The van der Waals surface area contributed by atoms with E-state index in [2.05, 4.69) is 157 Å². The van der Waals surface area contributed by atoms with Crippen LogP contribution < -0.4 is 0 Å². The largest absolute Gasteiger partial charge is 0.254 e. The van der Waals surface area contributed by atoms with Crippen molar-refractivity contribution in [3.63, 3.8) is 0 Å². The fourth-order valence-electron chi connectivity index (χ4n) is 7.29. The van der Waals surface area contributed by atoms with Gasteiger partial charge in [-0.05, 0) is 52.1 Å². The fourth-order valence-corrected chi connectivity index (χ4v) is 7.29. The molecule has 0 amide bonds. The van der Waals surface area contributed by atoms with Crippen LogP contribution in [0.3, 0.4) is 0 Å². The van der Waals surface area contributed by atoms with Gasteiger partial charge in [0.2, 0.25) is 0 Å². The van der Waals surface area contributed by atoms with Gasteiger partial charge in [0, 0.05) is 50.5 Å². The summed E-state index contributed by atoms with van der Waals surface area (Å²) in [5.41, 5.74) is 13.6. The molecule has 0 aliphatic carbocycles.